The molecule has 0 bridgehead atoms. The molecule has 3 rings (SSSR count). The van der Waals surface area contributed by atoms with Crippen LogP contribution in [0.4, 0.5) is 5.69 Å². The molecule has 2 aliphatic heterocycles. The van der Waals surface area contributed by atoms with Crippen molar-refractivity contribution in [2.24, 2.45) is 5.92 Å². The molecular formula is C12H14N2O. The number of nitrogens with one attached hydrogen (secondary N) is 2. The zero-order chi connectivity index (χ0) is 10.4. The average molecular weight is 202 g/mol. The van der Waals surface area contributed by atoms with Crippen LogP contribution in [0.3, 0.4) is 0 Å². The highest BCUT2D eigenvalue weighted by Gasteiger charge is 2.42. The average Bonchev–Trinajstić information content (AvgIpc) is 2.61. The molecule has 1 fully saturated rings. The quantitative estimate of drug-likeness (QED) is 0.666. The normalized spacial score (nSPS) is 32.6. The summed E-state index contributed by atoms with van der Waals surface area (Å²) in [6, 6.07) is 8.52. The van der Waals surface area contributed by atoms with Gasteiger partial charge in [0, 0.05) is 12.2 Å². The number of rotatable bonds is 0. The minimum atomic E-state index is 0.0971. The first kappa shape index (κ1) is 8.77. The third-order valence-corrected chi connectivity index (χ3v) is 3.56. The van der Waals surface area contributed by atoms with E-state index in [1.165, 1.54) is 11.3 Å². The van der Waals surface area contributed by atoms with Crippen molar-refractivity contribution in [2.45, 2.75) is 18.9 Å². The smallest absolute Gasteiger partial charge is 0.225 e. The summed E-state index contributed by atoms with van der Waals surface area (Å²) < 4.78 is 0. The molecule has 0 spiro atoms. The van der Waals surface area contributed by atoms with Gasteiger partial charge in [-0.2, -0.15) is 0 Å². The zero-order valence-electron chi connectivity index (χ0n) is 8.66. The Morgan fingerprint density at radius 2 is 2.13 bits per heavy atom. The van der Waals surface area contributed by atoms with E-state index in [9.17, 15) is 4.79 Å². The molecule has 0 unspecified atom stereocenters. The van der Waals surface area contributed by atoms with E-state index in [-0.39, 0.29) is 17.9 Å². The predicted molar refractivity (Wildman–Crippen MR) is 58.8 cm³/mol. The van der Waals surface area contributed by atoms with Gasteiger partial charge in [0.05, 0.1) is 12.0 Å². The van der Waals surface area contributed by atoms with Crippen LogP contribution in [0.5, 0.6) is 0 Å². The van der Waals surface area contributed by atoms with E-state index in [0.29, 0.717) is 5.92 Å². The van der Waals surface area contributed by atoms with Gasteiger partial charge in [0.2, 0.25) is 5.91 Å². The zero-order valence-corrected chi connectivity index (χ0v) is 8.66. The molecule has 1 aromatic rings. The lowest BCUT2D eigenvalue weighted by molar-refractivity contribution is -0.123. The van der Waals surface area contributed by atoms with Crippen LogP contribution in [-0.2, 0) is 4.79 Å². The summed E-state index contributed by atoms with van der Waals surface area (Å²) in [5.41, 5.74) is 2.44. The van der Waals surface area contributed by atoms with Crippen molar-refractivity contribution in [3.63, 3.8) is 0 Å². The number of hydrogen-bond acceptors (Lipinski definition) is 2. The third kappa shape index (κ3) is 1.16. The number of hydrogen-bond donors (Lipinski definition) is 2. The van der Waals surface area contributed by atoms with Gasteiger partial charge < -0.3 is 10.6 Å². The molecule has 0 radical (unpaired) electrons. The highest BCUT2D eigenvalue weighted by atomic mass is 16.2. The Morgan fingerprint density at radius 1 is 1.33 bits per heavy atom. The van der Waals surface area contributed by atoms with Gasteiger partial charge in [-0.1, -0.05) is 25.1 Å². The summed E-state index contributed by atoms with van der Waals surface area (Å²) in [6.07, 6.45) is 0. The van der Waals surface area contributed by atoms with Crippen LogP contribution in [0.2, 0.25) is 0 Å². The Balaban J connectivity index is 2.07. The molecule has 0 aliphatic carbocycles. The number of para-hydroxylation sites is 1. The molecule has 1 amide bonds. The second-order valence-corrected chi connectivity index (χ2v) is 4.40. The van der Waals surface area contributed by atoms with Crippen LogP contribution in [0.25, 0.3) is 0 Å². The number of benzene rings is 1. The largest absolute Gasteiger partial charge is 0.379 e. The third-order valence-electron chi connectivity index (χ3n) is 3.56. The van der Waals surface area contributed by atoms with E-state index >= 15 is 0 Å². The first-order valence-electron chi connectivity index (χ1n) is 5.40. The fourth-order valence-corrected chi connectivity index (χ4v) is 2.77. The van der Waals surface area contributed by atoms with E-state index in [1.807, 2.05) is 12.1 Å². The molecule has 3 nitrogen and oxygen atoms in total. The highest BCUT2D eigenvalue weighted by Crippen LogP contribution is 2.39. The van der Waals surface area contributed by atoms with Crippen LogP contribution in [-0.4, -0.2) is 18.5 Å². The van der Waals surface area contributed by atoms with Gasteiger partial charge in [-0.3, -0.25) is 4.79 Å². The van der Waals surface area contributed by atoms with Crippen molar-refractivity contribution in [1.29, 1.82) is 0 Å². The van der Waals surface area contributed by atoms with Gasteiger partial charge in [0.1, 0.15) is 0 Å². The Morgan fingerprint density at radius 3 is 3.00 bits per heavy atom. The molecule has 2 aliphatic rings. The van der Waals surface area contributed by atoms with Crippen molar-refractivity contribution >= 4 is 11.6 Å². The summed E-state index contributed by atoms with van der Waals surface area (Å²) in [5, 5.41) is 6.36. The molecule has 2 heterocycles. The number of anilines is 1. The van der Waals surface area contributed by atoms with Crippen LogP contribution >= 0.6 is 0 Å². The molecule has 3 atom stereocenters. The molecule has 3 heteroatoms. The maximum Gasteiger partial charge on any atom is 0.225 e. The SMILES string of the molecule is C[C@@H]1c2ccccc2N[C@@H]2CNC(=O)[C@H]12. The van der Waals surface area contributed by atoms with Gasteiger partial charge in [-0.15, -0.1) is 0 Å². The van der Waals surface area contributed by atoms with Gasteiger partial charge in [-0.25, -0.2) is 0 Å². The van der Waals surface area contributed by atoms with Crippen molar-refractivity contribution < 1.29 is 4.79 Å². The van der Waals surface area contributed by atoms with Gasteiger partial charge in [0.15, 0.2) is 0 Å². The van der Waals surface area contributed by atoms with E-state index in [4.69, 9.17) is 0 Å². The lowest BCUT2D eigenvalue weighted by atomic mass is 9.80. The topological polar surface area (TPSA) is 41.1 Å². The molecule has 0 saturated carbocycles. The second kappa shape index (κ2) is 2.99. The Bertz CT molecular complexity index is 416. The Hall–Kier alpha value is -1.51. The molecular weight excluding hydrogens is 188 g/mol. The number of amides is 1. The van der Waals surface area contributed by atoms with E-state index in [2.05, 4.69) is 29.7 Å². The van der Waals surface area contributed by atoms with E-state index in [1.54, 1.807) is 0 Å². The van der Waals surface area contributed by atoms with E-state index in [0.717, 1.165) is 6.54 Å². The highest BCUT2D eigenvalue weighted by molar-refractivity contribution is 5.85. The fraction of sp³-hybridized carbons (Fsp3) is 0.417. The summed E-state index contributed by atoms with van der Waals surface area (Å²) in [5.74, 6) is 0.601. The van der Waals surface area contributed by atoms with Gasteiger partial charge in [-0.05, 0) is 17.5 Å². The van der Waals surface area contributed by atoms with Crippen molar-refractivity contribution in [1.82, 2.24) is 5.32 Å². The molecule has 1 aromatic carbocycles. The van der Waals surface area contributed by atoms with Crippen LogP contribution in [0.1, 0.15) is 18.4 Å². The van der Waals surface area contributed by atoms with Gasteiger partial charge >= 0.3 is 0 Å². The molecule has 78 valence electrons. The minimum absolute atomic E-state index is 0.0971. The summed E-state index contributed by atoms with van der Waals surface area (Å²) in [6.45, 7) is 2.89. The Labute approximate surface area is 88.9 Å². The van der Waals surface area contributed by atoms with Gasteiger partial charge in [0.25, 0.3) is 0 Å². The minimum Gasteiger partial charge on any atom is -0.379 e. The molecule has 2 N–H and O–H groups in total. The fourth-order valence-electron chi connectivity index (χ4n) is 2.77. The lowest BCUT2D eigenvalue weighted by Crippen LogP contribution is -2.37. The van der Waals surface area contributed by atoms with E-state index < -0.39 is 0 Å². The predicted octanol–water partition coefficient (Wildman–Crippen LogP) is 1.33. The number of carbonyl (C=O) groups excluding carboxylic acids is 1. The standard InChI is InChI=1S/C12H14N2O/c1-7-8-4-2-3-5-9(8)14-10-6-13-12(15)11(7)10/h2-5,7,10-11,14H,6H2,1H3,(H,13,15)/t7-,10-,11-/m1/s1. The van der Waals surface area contributed by atoms with Crippen LogP contribution in [0, 0.1) is 5.92 Å². The van der Waals surface area contributed by atoms with Crippen molar-refractivity contribution in [2.75, 3.05) is 11.9 Å². The summed E-state index contributed by atoms with van der Waals surface area (Å²) in [4.78, 5) is 11.7. The number of fused-ring (bicyclic) bond motifs is 2. The molecule has 1 saturated heterocycles. The van der Waals surface area contributed by atoms with Crippen LogP contribution < -0.4 is 10.6 Å². The Kier molecular flexibility index (Phi) is 1.75. The van der Waals surface area contributed by atoms with Crippen LogP contribution in [0.15, 0.2) is 24.3 Å². The van der Waals surface area contributed by atoms with Crippen molar-refractivity contribution in [3.8, 4) is 0 Å². The molecule has 0 aromatic heterocycles. The first-order chi connectivity index (χ1) is 7.27. The summed E-state index contributed by atoms with van der Waals surface area (Å²) in [7, 11) is 0. The second-order valence-electron chi connectivity index (χ2n) is 4.40. The monoisotopic (exact) mass is 202 g/mol. The lowest BCUT2D eigenvalue weighted by Gasteiger charge is -2.32. The van der Waals surface area contributed by atoms with Crippen molar-refractivity contribution in [3.05, 3.63) is 29.8 Å². The summed E-state index contributed by atoms with van der Waals surface area (Å²) >= 11 is 0. The maximum atomic E-state index is 11.7. The first-order valence-corrected chi connectivity index (χ1v) is 5.40. The maximum absolute atomic E-state index is 11.7. The number of carbonyl (C=O) groups is 1. The molecule has 15 heavy (non-hydrogen) atoms.